The molecule has 2 aliphatic carbocycles. The smallest absolute Gasteiger partial charge is 0.330 e. The van der Waals surface area contributed by atoms with E-state index in [1.807, 2.05) is 41.8 Å². The summed E-state index contributed by atoms with van der Waals surface area (Å²) < 4.78 is 12.1. The molecule has 0 radical (unpaired) electrons. The Hall–Kier alpha value is -4.19. The van der Waals surface area contributed by atoms with Crippen LogP contribution in [0.4, 0.5) is 5.13 Å². The van der Waals surface area contributed by atoms with Crippen molar-refractivity contribution in [3.63, 3.8) is 0 Å². The van der Waals surface area contributed by atoms with Gasteiger partial charge in [-0.15, -0.1) is 11.3 Å². The molecule has 3 aliphatic rings. The number of amides is 2. The summed E-state index contributed by atoms with van der Waals surface area (Å²) in [6, 6.07) is 7.66. The van der Waals surface area contributed by atoms with Crippen LogP contribution in [0.2, 0.25) is 0 Å². The number of carboxylic acid groups (broad SMARTS) is 1. The van der Waals surface area contributed by atoms with E-state index in [9.17, 15) is 19.5 Å². The SMILES string of the molecule is COc1ccc2c(OC3CC4C(=O)NC5(C(=O)O)CC5/C=C/CCCCN(C)C(=O)C4C3)cc(-c3csc(NC(C)C)n3)nc2c1. The molecule has 0 spiro atoms. The summed E-state index contributed by atoms with van der Waals surface area (Å²) >= 11 is 1.50. The van der Waals surface area contributed by atoms with Crippen molar-refractivity contribution in [1.82, 2.24) is 20.2 Å². The maximum atomic E-state index is 13.8. The van der Waals surface area contributed by atoms with Gasteiger partial charge in [-0.05, 0) is 64.5 Å². The van der Waals surface area contributed by atoms with E-state index in [0.717, 1.165) is 29.8 Å². The van der Waals surface area contributed by atoms with Crippen LogP contribution in [0, 0.1) is 17.8 Å². The first kappa shape index (κ1) is 31.8. The van der Waals surface area contributed by atoms with Gasteiger partial charge in [-0.3, -0.25) is 9.59 Å². The highest BCUT2D eigenvalue weighted by atomic mass is 32.1. The number of carboxylic acids is 1. The van der Waals surface area contributed by atoms with Crippen LogP contribution in [0.1, 0.15) is 52.4 Å². The number of fused-ring (bicyclic) bond motifs is 3. The number of carbonyl (C=O) groups excluding carboxylic acids is 2. The fourth-order valence-corrected chi connectivity index (χ4v) is 7.46. The van der Waals surface area contributed by atoms with Crippen molar-refractivity contribution in [2.24, 2.45) is 17.8 Å². The third-order valence-electron chi connectivity index (χ3n) is 9.23. The van der Waals surface area contributed by atoms with Crippen LogP contribution >= 0.6 is 11.3 Å². The van der Waals surface area contributed by atoms with Crippen LogP contribution in [0.3, 0.4) is 0 Å². The standard InChI is InChI=1S/C34H41N5O6S/c1-19(2)35-33-37-28(18-46-33)27-16-29(23-11-10-21(44-4)15-26(23)36-27)45-22-13-24-25(14-22)31(41)39(3)12-8-6-5-7-9-20-17-34(20,32(42)43)38-30(24)40/h7,9-11,15-16,18-20,22,24-25H,5-6,8,12-14,17H2,1-4H3,(H,35,37)(H,38,40)(H,42,43)/b9-7+. The van der Waals surface area contributed by atoms with Crippen molar-refractivity contribution in [2.75, 3.05) is 26.0 Å². The van der Waals surface area contributed by atoms with Crippen LogP contribution < -0.4 is 20.1 Å². The third-order valence-corrected chi connectivity index (χ3v) is 10.00. The zero-order valence-corrected chi connectivity index (χ0v) is 27.4. The lowest BCUT2D eigenvalue weighted by Crippen LogP contribution is -2.49. The minimum absolute atomic E-state index is 0.117. The van der Waals surface area contributed by atoms with Crippen LogP contribution in [-0.4, -0.2) is 76.1 Å². The number of anilines is 1. The van der Waals surface area contributed by atoms with Crippen LogP contribution in [0.15, 0.2) is 41.8 Å². The number of hydrogen-bond acceptors (Lipinski definition) is 9. The van der Waals surface area contributed by atoms with E-state index in [2.05, 4.69) is 24.5 Å². The fraction of sp³-hybridized carbons (Fsp3) is 0.500. The number of allylic oxidation sites excluding steroid dienone is 1. The van der Waals surface area contributed by atoms with Gasteiger partial charge < -0.3 is 30.1 Å². The minimum Gasteiger partial charge on any atom is -0.497 e. The van der Waals surface area contributed by atoms with Gasteiger partial charge in [0.1, 0.15) is 28.8 Å². The van der Waals surface area contributed by atoms with Crippen molar-refractivity contribution in [1.29, 1.82) is 0 Å². The van der Waals surface area contributed by atoms with Crippen LogP contribution in [-0.2, 0) is 14.4 Å². The number of ether oxygens (including phenoxy) is 2. The molecule has 0 saturated heterocycles. The second-order valence-electron chi connectivity index (χ2n) is 12.9. The second kappa shape index (κ2) is 12.9. The Kier molecular flexibility index (Phi) is 8.91. The Labute approximate surface area is 272 Å². The monoisotopic (exact) mass is 647 g/mol. The number of carbonyl (C=O) groups is 3. The van der Waals surface area contributed by atoms with E-state index in [1.165, 1.54) is 11.3 Å². The average molecular weight is 648 g/mol. The van der Waals surface area contributed by atoms with E-state index in [-0.39, 0.29) is 24.3 Å². The largest absolute Gasteiger partial charge is 0.497 e. The molecule has 3 aromatic rings. The molecular formula is C34H41N5O6S. The summed E-state index contributed by atoms with van der Waals surface area (Å²) in [6.45, 7) is 4.69. The Bertz CT molecular complexity index is 1670. The van der Waals surface area contributed by atoms with Gasteiger partial charge in [0.05, 0.1) is 30.2 Å². The first-order valence-electron chi connectivity index (χ1n) is 15.9. The van der Waals surface area contributed by atoms with Gasteiger partial charge in [-0.1, -0.05) is 12.2 Å². The van der Waals surface area contributed by atoms with Crippen LogP contribution in [0.25, 0.3) is 22.3 Å². The molecule has 6 rings (SSSR count). The summed E-state index contributed by atoms with van der Waals surface area (Å²) in [7, 11) is 3.37. The van der Waals surface area contributed by atoms with Gasteiger partial charge in [0, 0.05) is 48.5 Å². The van der Waals surface area contributed by atoms with E-state index in [0.29, 0.717) is 47.8 Å². The lowest BCUT2D eigenvalue weighted by Gasteiger charge is -2.26. The number of rotatable bonds is 7. The molecule has 2 amide bonds. The van der Waals surface area contributed by atoms with Crippen molar-refractivity contribution < 1.29 is 29.0 Å². The molecule has 3 N–H and O–H groups in total. The summed E-state index contributed by atoms with van der Waals surface area (Å²) in [5.74, 6) is -1.97. The number of pyridine rings is 1. The molecule has 5 unspecified atom stereocenters. The maximum absolute atomic E-state index is 13.8. The summed E-state index contributed by atoms with van der Waals surface area (Å²) in [6.07, 6.45) is 6.92. The topological polar surface area (TPSA) is 143 Å². The molecule has 46 heavy (non-hydrogen) atoms. The molecule has 11 nitrogen and oxygen atoms in total. The van der Waals surface area contributed by atoms with E-state index >= 15 is 0 Å². The molecule has 3 heterocycles. The molecule has 1 aliphatic heterocycles. The van der Waals surface area contributed by atoms with E-state index < -0.39 is 35.4 Å². The van der Waals surface area contributed by atoms with Crippen molar-refractivity contribution >= 4 is 45.2 Å². The average Bonchev–Trinajstić information content (AvgIpc) is 3.31. The van der Waals surface area contributed by atoms with Gasteiger partial charge in [-0.25, -0.2) is 14.8 Å². The molecule has 244 valence electrons. The zero-order valence-electron chi connectivity index (χ0n) is 26.6. The van der Waals surface area contributed by atoms with Gasteiger partial charge in [0.15, 0.2) is 5.13 Å². The highest BCUT2D eigenvalue weighted by Gasteiger charge is 2.61. The fourth-order valence-electron chi connectivity index (χ4n) is 6.61. The normalized spacial score (nSPS) is 27.4. The summed E-state index contributed by atoms with van der Waals surface area (Å²) in [4.78, 5) is 51.2. The number of benzene rings is 1. The molecule has 1 aromatic carbocycles. The number of methoxy groups -OCH3 is 1. The Morgan fingerprint density at radius 2 is 1.96 bits per heavy atom. The van der Waals surface area contributed by atoms with Gasteiger partial charge >= 0.3 is 5.97 Å². The number of nitrogens with zero attached hydrogens (tertiary/aromatic N) is 3. The number of aliphatic carboxylic acids is 1. The van der Waals surface area contributed by atoms with Crippen molar-refractivity contribution in [3.05, 3.63) is 41.8 Å². The minimum atomic E-state index is -1.33. The van der Waals surface area contributed by atoms with Gasteiger partial charge in [-0.2, -0.15) is 0 Å². The Morgan fingerprint density at radius 1 is 1.15 bits per heavy atom. The highest BCUT2D eigenvalue weighted by Crippen LogP contribution is 2.47. The van der Waals surface area contributed by atoms with E-state index in [4.69, 9.17) is 19.4 Å². The molecule has 2 aromatic heterocycles. The molecule has 2 fully saturated rings. The Morgan fingerprint density at radius 3 is 2.72 bits per heavy atom. The highest BCUT2D eigenvalue weighted by molar-refractivity contribution is 7.14. The second-order valence-corrected chi connectivity index (χ2v) is 13.8. The number of hydrogen-bond donors (Lipinski definition) is 3. The molecule has 5 atom stereocenters. The first-order chi connectivity index (χ1) is 22.1. The molecule has 12 heteroatoms. The number of nitrogens with one attached hydrogen (secondary N) is 2. The number of thiazole rings is 1. The predicted molar refractivity (Wildman–Crippen MR) is 176 cm³/mol. The van der Waals surface area contributed by atoms with Crippen molar-refractivity contribution in [2.45, 2.75) is 70.1 Å². The predicted octanol–water partition coefficient (Wildman–Crippen LogP) is 5.12. The van der Waals surface area contributed by atoms with Crippen molar-refractivity contribution in [3.8, 4) is 22.9 Å². The first-order valence-corrected chi connectivity index (χ1v) is 16.8. The Balaban J connectivity index is 1.32. The summed E-state index contributed by atoms with van der Waals surface area (Å²) in [5, 5.41) is 19.8. The summed E-state index contributed by atoms with van der Waals surface area (Å²) in [5.41, 5.74) is 0.664. The zero-order chi connectivity index (χ0) is 32.6. The third kappa shape index (κ3) is 6.40. The molecular weight excluding hydrogens is 606 g/mol. The van der Waals surface area contributed by atoms with Gasteiger partial charge in [0.2, 0.25) is 11.8 Å². The van der Waals surface area contributed by atoms with Crippen LogP contribution in [0.5, 0.6) is 11.5 Å². The molecule has 0 bridgehead atoms. The molecule has 2 saturated carbocycles. The number of aromatic nitrogens is 2. The quantitative estimate of drug-likeness (QED) is 0.298. The lowest BCUT2D eigenvalue weighted by molar-refractivity contribution is -0.145. The van der Waals surface area contributed by atoms with Gasteiger partial charge in [0.25, 0.3) is 0 Å². The maximum Gasteiger partial charge on any atom is 0.330 e. The van der Waals surface area contributed by atoms with E-state index in [1.54, 1.807) is 19.1 Å². The lowest BCUT2D eigenvalue weighted by atomic mass is 9.93.